The third-order valence-electron chi connectivity index (χ3n) is 4.95. The van der Waals surface area contributed by atoms with Gasteiger partial charge in [-0.25, -0.2) is 4.39 Å². The zero-order valence-electron chi connectivity index (χ0n) is 12.1. The highest BCUT2D eigenvalue weighted by Crippen LogP contribution is 2.38. The summed E-state index contributed by atoms with van der Waals surface area (Å²) in [6, 6.07) is 14.4. The lowest BCUT2D eigenvalue weighted by atomic mass is 9.76. The summed E-state index contributed by atoms with van der Waals surface area (Å²) >= 11 is 0. The maximum absolute atomic E-state index is 12.9. The van der Waals surface area contributed by atoms with E-state index in [-0.39, 0.29) is 5.82 Å². The molecule has 2 aliphatic carbocycles. The number of anilines is 1. The first kappa shape index (κ1) is 12.9. The van der Waals surface area contributed by atoms with Gasteiger partial charge in [0.25, 0.3) is 0 Å². The van der Waals surface area contributed by atoms with Crippen molar-refractivity contribution >= 4 is 5.69 Å². The van der Waals surface area contributed by atoms with Gasteiger partial charge in [-0.2, -0.15) is 0 Å². The van der Waals surface area contributed by atoms with Gasteiger partial charge in [0.1, 0.15) is 5.82 Å². The van der Waals surface area contributed by atoms with Crippen molar-refractivity contribution < 1.29 is 4.39 Å². The van der Waals surface area contributed by atoms with E-state index >= 15 is 0 Å². The van der Waals surface area contributed by atoms with E-state index in [1.165, 1.54) is 41.6 Å². The Bertz CT molecular complexity index is 641. The highest BCUT2D eigenvalue weighted by Gasteiger charge is 2.30. The van der Waals surface area contributed by atoms with Crippen LogP contribution in [0.1, 0.15) is 41.9 Å². The lowest BCUT2D eigenvalue weighted by molar-refractivity contribution is 0.374. The lowest BCUT2D eigenvalue weighted by Gasteiger charge is -2.37. The maximum atomic E-state index is 12.9. The molecule has 0 amide bonds. The predicted octanol–water partition coefficient (Wildman–Crippen LogP) is 4.67. The fourth-order valence-electron chi connectivity index (χ4n) is 3.64. The molecule has 1 N–H and O–H groups in total. The summed E-state index contributed by atoms with van der Waals surface area (Å²) in [6.45, 7) is 0. The molecule has 0 aromatic heterocycles. The molecular weight excluding hydrogens is 261 g/mol. The number of hydrogen-bond acceptors (Lipinski definition) is 1. The molecule has 0 aliphatic heterocycles. The molecule has 108 valence electrons. The molecule has 0 heterocycles. The fourth-order valence-corrected chi connectivity index (χ4v) is 3.64. The van der Waals surface area contributed by atoms with Crippen LogP contribution in [0.4, 0.5) is 10.1 Å². The fraction of sp³-hybridized carbons (Fsp3) is 0.368. The van der Waals surface area contributed by atoms with Crippen LogP contribution in [0.25, 0.3) is 0 Å². The molecule has 2 aromatic carbocycles. The van der Waals surface area contributed by atoms with E-state index in [1.807, 2.05) is 12.1 Å². The van der Waals surface area contributed by atoms with Crippen molar-refractivity contribution in [1.82, 2.24) is 0 Å². The zero-order valence-corrected chi connectivity index (χ0v) is 12.1. The summed E-state index contributed by atoms with van der Waals surface area (Å²) in [4.78, 5) is 0. The third-order valence-corrected chi connectivity index (χ3v) is 4.95. The molecule has 0 atom stereocenters. The van der Waals surface area contributed by atoms with Gasteiger partial charge in [-0.1, -0.05) is 18.2 Å². The van der Waals surface area contributed by atoms with Gasteiger partial charge in [0.15, 0.2) is 0 Å². The third kappa shape index (κ3) is 2.55. The van der Waals surface area contributed by atoms with Crippen LogP contribution >= 0.6 is 0 Å². The normalized spacial score (nSPS) is 23.5. The van der Waals surface area contributed by atoms with E-state index in [2.05, 4.69) is 23.5 Å². The van der Waals surface area contributed by atoms with E-state index in [0.717, 1.165) is 12.8 Å². The first-order valence-electron chi connectivity index (χ1n) is 7.92. The Morgan fingerprint density at radius 1 is 0.905 bits per heavy atom. The van der Waals surface area contributed by atoms with Crippen molar-refractivity contribution in [2.45, 2.75) is 44.1 Å². The number of hydrogen-bond donors (Lipinski definition) is 1. The lowest BCUT2D eigenvalue weighted by Crippen LogP contribution is -2.34. The van der Waals surface area contributed by atoms with Crippen LogP contribution in [-0.4, -0.2) is 6.04 Å². The molecule has 0 saturated heterocycles. The van der Waals surface area contributed by atoms with Gasteiger partial charge in [0.2, 0.25) is 0 Å². The van der Waals surface area contributed by atoms with Crippen molar-refractivity contribution in [3.63, 3.8) is 0 Å². The second-order valence-electron chi connectivity index (χ2n) is 6.40. The van der Waals surface area contributed by atoms with Crippen LogP contribution in [0.5, 0.6) is 0 Å². The first-order chi connectivity index (χ1) is 10.3. The number of rotatable bonds is 3. The second-order valence-corrected chi connectivity index (χ2v) is 6.40. The van der Waals surface area contributed by atoms with Crippen LogP contribution in [0.2, 0.25) is 0 Å². The number of fused-ring (bicyclic) bond motifs is 1. The Hall–Kier alpha value is -1.83. The summed E-state index contributed by atoms with van der Waals surface area (Å²) in [7, 11) is 0. The number of nitrogens with one attached hydrogen (secondary N) is 1. The number of benzene rings is 2. The molecule has 0 radical (unpaired) electrons. The molecule has 0 spiro atoms. The SMILES string of the molecule is Fc1ccc(C2CC(Nc3ccc4c(c3)CCC4)C2)cc1. The van der Waals surface area contributed by atoms with E-state index in [1.54, 1.807) is 12.1 Å². The molecular formula is C19H20FN. The van der Waals surface area contributed by atoms with Crippen molar-refractivity contribution in [2.75, 3.05) is 5.32 Å². The molecule has 2 aliphatic rings. The average Bonchev–Trinajstić information content (AvgIpc) is 2.91. The largest absolute Gasteiger partial charge is 0.382 e. The highest BCUT2D eigenvalue weighted by molar-refractivity contribution is 5.51. The molecule has 1 fully saturated rings. The van der Waals surface area contributed by atoms with Gasteiger partial charge in [0, 0.05) is 11.7 Å². The molecule has 2 heteroatoms. The van der Waals surface area contributed by atoms with Crippen LogP contribution < -0.4 is 5.32 Å². The number of halogens is 1. The Balaban J connectivity index is 1.37. The molecule has 1 nitrogen and oxygen atoms in total. The van der Waals surface area contributed by atoms with Crippen molar-refractivity contribution in [1.29, 1.82) is 0 Å². The quantitative estimate of drug-likeness (QED) is 0.862. The Labute approximate surface area is 125 Å². The summed E-state index contributed by atoms with van der Waals surface area (Å²) in [6.07, 6.45) is 6.06. The van der Waals surface area contributed by atoms with Gasteiger partial charge in [0.05, 0.1) is 0 Å². The first-order valence-corrected chi connectivity index (χ1v) is 7.92. The summed E-state index contributed by atoms with van der Waals surface area (Å²) in [5, 5.41) is 3.65. The topological polar surface area (TPSA) is 12.0 Å². The van der Waals surface area contributed by atoms with Crippen molar-refractivity contribution in [3.05, 3.63) is 65.0 Å². The average molecular weight is 281 g/mol. The van der Waals surface area contributed by atoms with Gasteiger partial charge in [-0.05, 0) is 79.0 Å². The molecule has 4 rings (SSSR count). The van der Waals surface area contributed by atoms with Crippen molar-refractivity contribution in [2.24, 2.45) is 0 Å². The minimum absolute atomic E-state index is 0.147. The summed E-state index contributed by atoms with van der Waals surface area (Å²) in [5.74, 6) is 0.434. The monoisotopic (exact) mass is 281 g/mol. The summed E-state index contributed by atoms with van der Waals surface area (Å²) in [5.41, 5.74) is 5.58. The number of aryl methyl sites for hydroxylation is 2. The highest BCUT2D eigenvalue weighted by atomic mass is 19.1. The zero-order chi connectivity index (χ0) is 14.2. The smallest absolute Gasteiger partial charge is 0.123 e. The maximum Gasteiger partial charge on any atom is 0.123 e. The predicted molar refractivity (Wildman–Crippen MR) is 84.3 cm³/mol. The van der Waals surface area contributed by atoms with Crippen LogP contribution in [0.3, 0.4) is 0 Å². The van der Waals surface area contributed by atoms with Gasteiger partial charge < -0.3 is 5.32 Å². The van der Waals surface area contributed by atoms with Gasteiger partial charge >= 0.3 is 0 Å². The Kier molecular flexibility index (Phi) is 3.17. The Morgan fingerprint density at radius 3 is 2.48 bits per heavy atom. The van der Waals surface area contributed by atoms with Crippen LogP contribution in [-0.2, 0) is 12.8 Å². The van der Waals surface area contributed by atoms with Crippen molar-refractivity contribution in [3.8, 4) is 0 Å². The summed E-state index contributed by atoms with van der Waals surface area (Å²) < 4.78 is 12.9. The van der Waals surface area contributed by atoms with Gasteiger partial charge in [-0.3, -0.25) is 0 Å². The minimum atomic E-state index is -0.147. The van der Waals surface area contributed by atoms with E-state index < -0.39 is 0 Å². The Morgan fingerprint density at radius 2 is 1.67 bits per heavy atom. The van der Waals surface area contributed by atoms with Crippen LogP contribution in [0, 0.1) is 5.82 Å². The minimum Gasteiger partial charge on any atom is -0.382 e. The molecule has 1 saturated carbocycles. The second kappa shape index (κ2) is 5.18. The molecule has 0 bridgehead atoms. The molecule has 0 unspecified atom stereocenters. The van der Waals surface area contributed by atoms with E-state index in [0.29, 0.717) is 12.0 Å². The van der Waals surface area contributed by atoms with E-state index in [9.17, 15) is 4.39 Å². The molecule has 21 heavy (non-hydrogen) atoms. The standard InChI is InChI=1S/C19H20FN/c20-17-7-4-14(5-8-17)16-11-19(12-16)21-18-9-6-13-2-1-3-15(13)10-18/h4-10,16,19,21H,1-3,11-12H2. The molecule has 2 aromatic rings. The van der Waals surface area contributed by atoms with Crippen LogP contribution in [0.15, 0.2) is 42.5 Å². The van der Waals surface area contributed by atoms with Gasteiger partial charge in [-0.15, -0.1) is 0 Å². The van der Waals surface area contributed by atoms with E-state index in [4.69, 9.17) is 0 Å².